The number of benzene rings is 1. The third-order valence-corrected chi connectivity index (χ3v) is 2.75. The molecule has 0 aliphatic heterocycles. The first-order valence-electron chi connectivity index (χ1n) is 5.38. The van der Waals surface area contributed by atoms with Gasteiger partial charge in [-0.3, -0.25) is 10.4 Å². The highest BCUT2D eigenvalue weighted by molar-refractivity contribution is 6.05. The number of rotatable bonds is 2. The van der Waals surface area contributed by atoms with Crippen molar-refractivity contribution in [3.05, 3.63) is 41.7 Å². The minimum Gasteiger partial charge on any atom is -0.508 e. The summed E-state index contributed by atoms with van der Waals surface area (Å²) in [5.74, 6) is 0.121. The molecular formula is C13H14N4O. The van der Waals surface area contributed by atoms with Crippen LogP contribution in [-0.4, -0.2) is 15.9 Å². The van der Waals surface area contributed by atoms with E-state index in [0.717, 1.165) is 11.1 Å². The average Bonchev–Trinajstić information content (AvgIpc) is 2.32. The summed E-state index contributed by atoms with van der Waals surface area (Å²) in [5.41, 5.74) is 14.4. The van der Waals surface area contributed by atoms with E-state index in [0.29, 0.717) is 16.8 Å². The van der Waals surface area contributed by atoms with E-state index in [1.165, 1.54) is 6.20 Å². The van der Waals surface area contributed by atoms with Gasteiger partial charge in [0.05, 0.1) is 11.9 Å². The number of amidine groups is 1. The Kier molecular flexibility index (Phi) is 2.89. The molecule has 2 rings (SSSR count). The molecule has 1 aromatic carbocycles. The number of aromatic nitrogens is 1. The van der Waals surface area contributed by atoms with E-state index in [9.17, 15) is 5.11 Å². The zero-order chi connectivity index (χ0) is 13.3. The van der Waals surface area contributed by atoms with Crippen molar-refractivity contribution in [1.82, 2.24) is 4.98 Å². The standard InChI is InChI=1S/C13H14N4O/c1-7-4-8(2-3-11(7)18)9-5-17-6-10(14)12(9)13(15)16/h2-6,18H,14H2,1H3,(H3,15,16). The molecule has 0 saturated carbocycles. The topological polar surface area (TPSA) is 109 Å². The number of anilines is 1. The lowest BCUT2D eigenvalue weighted by molar-refractivity contribution is 0.471. The van der Waals surface area contributed by atoms with Crippen LogP contribution in [0.1, 0.15) is 11.1 Å². The number of hydrogen-bond donors (Lipinski definition) is 4. The second kappa shape index (κ2) is 4.37. The molecular weight excluding hydrogens is 228 g/mol. The first-order chi connectivity index (χ1) is 8.50. The van der Waals surface area contributed by atoms with E-state index in [1.54, 1.807) is 31.3 Å². The van der Waals surface area contributed by atoms with Gasteiger partial charge >= 0.3 is 0 Å². The van der Waals surface area contributed by atoms with Gasteiger partial charge in [0, 0.05) is 17.3 Å². The summed E-state index contributed by atoms with van der Waals surface area (Å²) < 4.78 is 0. The first-order valence-corrected chi connectivity index (χ1v) is 5.38. The molecule has 0 amide bonds. The van der Waals surface area contributed by atoms with Crippen molar-refractivity contribution in [2.75, 3.05) is 5.73 Å². The molecule has 18 heavy (non-hydrogen) atoms. The largest absolute Gasteiger partial charge is 0.508 e. The lowest BCUT2D eigenvalue weighted by Gasteiger charge is -2.11. The Balaban J connectivity index is 2.67. The van der Waals surface area contributed by atoms with E-state index >= 15 is 0 Å². The number of pyridine rings is 1. The second-order valence-corrected chi connectivity index (χ2v) is 4.07. The number of nitrogens with one attached hydrogen (secondary N) is 1. The van der Waals surface area contributed by atoms with Crippen LogP contribution in [0.3, 0.4) is 0 Å². The van der Waals surface area contributed by atoms with Crippen molar-refractivity contribution in [2.24, 2.45) is 5.73 Å². The molecule has 92 valence electrons. The molecule has 0 saturated heterocycles. The van der Waals surface area contributed by atoms with Gasteiger partial charge in [-0.1, -0.05) is 6.07 Å². The fraction of sp³-hybridized carbons (Fsp3) is 0.0769. The van der Waals surface area contributed by atoms with E-state index in [4.69, 9.17) is 16.9 Å². The summed E-state index contributed by atoms with van der Waals surface area (Å²) >= 11 is 0. The molecule has 0 bridgehead atoms. The minimum atomic E-state index is -0.101. The van der Waals surface area contributed by atoms with Crippen molar-refractivity contribution in [1.29, 1.82) is 5.41 Å². The van der Waals surface area contributed by atoms with Crippen molar-refractivity contribution in [2.45, 2.75) is 6.92 Å². The summed E-state index contributed by atoms with van der Waals surface area (Å²) in [7, 11) is 0. The zero-order valence-corrected chi connectivity index (χ0v) is 9.94. The molecule has 2 aromatic rings. The SMILES string of the molecule is Cc1cc(-c2cncc(N)c2C(=N)N)ccc1O. The Labute approximate surface area is 105 Å². The molecule has 0 aliphatic rings. The Morgan fingerprint density at radius 1 is 1.33 bits per heavy atom. The quantitative estimate of drug-likeness (QED) is 0.474. The van der Waals surface area contributed by atoms with Crippen molar-refractivity contribution >= 4 is 11.5 Å². The monoisotopic (exact) mass is 242 g/mol. The highest BCUT2D eigenvalue weighted by Crippen LogP contribution is 2.29. The van der Waals surface area contributed by atoms with Gasteiger partial charge in [-0.05, 0) is 30.2 Å². The van der Waals surface area contributed by atoms with Gasteiger partial charge < -0.3 is 16.6 Å². The van der Waals surface area contributed by atoms with Crippen molar-refractivity contribution in [3.63, 3.8) is 0 Å². The highest BCUT2D eigenvalue weighted by atomic mass is 16.3. The normalized spacial score (nSPS) is 10.3. The van der Waals surface area contributed by atoms with Gasteiger partial charge in [0.15, 0.2) is 0 Å². The average molecular weight is 242 g/mol. The van der Waals surface area contributed by atoms with Crippen LogP contribution in [0, 0.1) is 12.3 Å². The van der Waals surface area contributed by atoms with Crippen LogP contribution >= 0.6 is 0 Å². The predicted octanol–water partition coefficient (Wildman–Crippen LogP) is 1.63. The number of aromatic hydroxyl groups is 1. The molecule has 0 radical (unpaired) electrons. The van der Waals surface area contributed by atoms with Gasteiger partial charge in [-0.2, -0.15) is 0 Å². The van der Waals surface area contributed by atoms with E-state index in [1.807, 2.05) is 0 Å². The number of hydrogen-bond acceptors (Lipinski definition) is 4. The van der Waals surface area contributed by atoms with Crippen molar-refractivity contribution in [3.8, 4) is 16.9 Å². The molecule has 0 spiro atoms. The fourth-order valence-electron chi connectivity index (χ4n) is 1.82. The smallest absolute Gasteiger partial charge is 0.125 e. The van der Waals surface area contributed by atoms with Crippen LogP contribution in [0.5, 0.6) is 5.75 Å². The minimum absolute atomic E-state index is 0.101. The van der Waals surface area contributed by atoms with E-state index < -0.39 is 0 Å². The number of nitrogen functional groups attached to an aromatic ring is 2. The third-order valence-electron chi connectivity index (χ3n) is 2.75. The molecule has 5 heteroatoms. The molecule has 1 heterocycles. The van der Waals surface area contributed by atoms with Crippen LogP contribution in [-0.2, 0) is 0 Å². The maximum absolute atomic E-state index is 9.52. The fourth-order valence-corrected chi connectivity index (χ4v) is 1.82. The maximum Gasteiger partial charge on any atom is 0.125 e. The zero-order valence-electron chi connectivity index (χ0n) is 9.94. The van der Waals surface area contributed by atoms with Crippen LogP contribution in [0.4, 0.5) is 5.69 Å². The summed E-state index contributed by atoms with van der Waals surface area (Å²) in [5, 5.41) is 17.1. The maximum atomic E-state index is 9.52. The Bertz CT molecular complexity index is 622. The predicted molar refractivity (Wildman–Crippen MR) is 71.5 cm³/mol. The van der Waals surface area contributed by atoms with E-state index in [-0.39, 0.29) is 11.6 Å². The van der Waals surface area contributed by atoms with Crippen molar-refractivity contribution < 1.29 is 5.11 Å². The Hall–Kier alpha value is -2.56. The van der Waals surface area contributed by atoms with Gasteiger partial charge in [-0.25, -0.2) is 0 Å². The Morgan fingerprint density at radius 3 is 2.67 bits per heavy atom. The number of nitrogens with two attached hydrogens (primary N) is 2. The molecule has 0 unspecified atom stereocenters. The summed E-state index contributed by atoms with van der Waals surface area (Å²) in [6.45, 7) is 1.80. The van der Waals surface area contributed by atoms with Gasteiger partial charge in [-0.15, -0.1) is 0 Å². The second-order valence-electron chi connectivity index (χ2n) is 4.07. The van der Waals surface area contributed by atoms with Gasteiger partial charge in [0.25, 0.3) is 0 Å². The summed E-state index contributed by atoms with van der Waals surface area (Å²) in [6, 6.07) is 5.14. The van der Waals surface area contributed by atoms with Gasteiger partial charge in [0.2, 0.25) is 0 Å². The Morgan fingerprint density at radius 2 is 2.06 bits per heavy atom. The molecule has 5 nitrogen and oxygen atoms in total. The third kappa shape index (κ3) is 1.98. The van der Waals surface area contributed by atoms with Crippen LogP contribution in [0.25, 0.3) is 11.1 Å². The summed E-state index contributed by atoms with van der Waals surface area (Å²) in [4.78, 5) is 4.02. The van der Waals surface area contributed by atoms with E-state index in [2.05, 4.69) is 4.98 Å². The lowest BCUT2D eigenvalue weighted by atomic mass is 9.98. The van der Waals surface area contributed by atoms with Crippen LogP contribution in [0.2, 0.25) is 0 Å². The molecule has 0 fully saturated rings. The summed E-state index contributed by atoms with van der Waals surface area (Å²) in [6.07, 6.45) is 3.08. The highest BCUT2D eigenvalue weighted by Gasteiger charge is 2.12. The number of nitrogens with zero attached hydrogens (tertiary/aromatic N) is 1. The van der Waals surface area contributed by atoms with Crippen LogP contribution in [0.15, 0.2) is 30.6 Å². The first kappa shape index (κ1) is 11.9. The number of phenolic OH excluding ortho intramolecular Hbond substituents is 1. The number of aryl methyl sites for hydroxylation is 1. The molecule has 0 atom stereocenters. The van der Waals surface area contributed by atoms with Crippen LogP contribution < -0.4 is 11.5 Å². The molecule has 0 aliphatic carbocycles. The lowest BCUT2D eigenvalue weighted by Crippen LogP contribution is -2.15. The molecule has 6 N–H and O–H groups in total. The van der Waals surface area contributed by atoms with Gasteiger partial charge in [0.1, 0.15) is 11.6 Å². The number of phenols is 1. The molecule has 1 aromatic heterocycles.